The molecule has 0 aliphatic heterocycles. The fourth-order valence-corrected chi connectivity index (χ4v) is 1.50. The molecule has 0 saturated carbocycles. The lowest BCUT2D eigenvalue weighted by Crippen LogP contribution is -2.06. The Morgan fingerprint density at radius 3 is 2.93 bits per heavy atom. The molecule has 1 heterocycles. The third kappa shape index (κ3) is 2.26. The molecule has 0 bridgehead atoms. The monoisotopic (exact) mass is 198 g/mol. The highest BCUT2D eigenvalue weighted by Crippen LogP contribution is 2.27. The van der Waals surface area contributed by atoms with Crippen LogP contribution in [0.25, 0.3) is 0 Å². The summed E-state index contributed by atoms with van der Waals surface area (Å²) in [6.07, 6.45) is 4.00. The van der Waals surface area contributed by atoms with Gasteiger partial charge in [-0.2, -0.15) is 5.10 Å². The van der Waals surface area contributed by atoms with Crippen LogP contribution in [0.2, 0.25) is 0 Å². The molecule has 0 amide bonds. The van der Waals surface area contributed by atoms with Crippen LogP contribution in [0.15, 0.2) is 6.20 Å². The van der Waals surface area contributed by atoms with Crippen molar-refractivity contribution in [2.45, 2.75) is 32.3 Å². The molecule has 0 saturated heterocycles. The molecule has 0 spiro atoms. The van der Waals surface area contributed by atoms with Gasteiger partial charge in [-0.15, -0.1) is 0 Å². The molecule has 1 unspecified atom stereocenters. The highest BCUT2D eigenvalue weighted by molar-refractivity contribution is 5.26. The largest absolute Gasteiger partial charge is 0.493 e. The number of aromatic nitrogens is 2. The summed E-state index contributed by atoms with van der Waals surface area (Å²) in [6.45, 7) is 2.10. The summed E-state index contributed by atoms with van der Waals surface area (Å²) in [5.41, 5.74) is 0.765. The Balaban J connectivity index is 2.76. The van der Waals surface area contributed by atoms with Gasteiger partial charge in [0, 0.05) is 7.05 Å². The van der Waals surface area contributed by atoms with Crippen molar-refractivity contribution in [1.29, 1.82) is 0 Å². The number of hydrogen-bond donors (Lipinski definition) is 1. The average molecular weight is 198 g/mol. The number of nitrogens with zero attached hydrogens (tertiary/aromatic N) is 2. The maximum Gasteiger partial charge on any atom is 0.162 e. The van der Waals surface area contributed by atoms with Crippen molar-refractivity contribution in [2.75, 3.05) is 7.11 Å². The van der Waals surface area contributed by atoms with E-state index in [4.69, 9.17) is 4.74 Å². The van der Waals surface area contributed by atoms with Gasteiger partial charge < -0.3 is 9.84 Å². The van der Waals surface area contributed by atoms with E-state index in [1.807, 2.05) is 7.05 Å². The van der Waals surface area contributed by atoms with Crippen molar-refractivity contribution in [3.63, 3.8) is 0 Å². The summed E-state index contributed by atoms with van der Waals surface area (Å²) in [5.74, 6) is 0.663. The highest BCUT2D eigenvalue weighted by atomic mass is 16.5. The molecular formula is C10H18N2O2. The summed E-state index contributed by atoms with van der Waals surface area (Å²) >= 11 is 0. The minimum absolute atomic E-state index is 0.475. The predicted octanol–water partition coefficient (Wildman–Crippen LogP) is 1.65. The number of aliphatic hydroxyl groups is 1. The molecule has 1 aromatic rings. The summed E-state index contributed by atoms with van der Waals surface area (Å²) in [5, 5.41) is 13.9. The molecule has 1 rings (SSSR count). The van der Waals surface area contributed by atoms with Crippen LogP contribution < -0.4 is 4.74 Å². The normalized spacial score (nSPS) is 12.9. The molecule has 0 fully saturated rings. The van der Waals surface area contributed by atoms with Crippen molar-refractivity contribution < 1.29 is 9.84 Å². The SMILES string of the molecule is CCCCC(O)c1c(OC)cnn1C. The van der Waals surface area contributed by atoms with Gasteiger partial charge in [0.15, 0.2) is 5.75 Å². The average Bonchev–Trinajstić information content (AvgIpc) is 2.56. The van der Waals surface area contributed by atoms with Crippen LogP contribution >= 0.6 is 0 Å². The Bertz CT molecular complexity index is 284. The number of hydrogen-bond acceptors (Lipinski definition) is 3. The molecule has 80 valence electrons. The van der Waals surface area contributed by atoms with Crippen molar-refractivity contribution in [3.8, 4) is 5.75 Å². The van der Waals surface area contributed by atoms with E-state index in [0.717, 1.165) is 25.0 Å². The molecule has 0 aliphatic carbocycles. The molecule has 14 heavy (non-hydrogen) atoms. The van der Waals surface area contributed by atoms with Crippen LogP contribution in [0, 0.1) is 0 Å². The van der Waals surface area contributed by atoms with Gasteiger partial charge in [-0.1, -0.05) is 19.8 Å². The summed E-state index contributed by atoms with van der Waals surface area (Å²) in [4.78, 5) is 0. The van der Waals surface area contributed by atoms with Gasteiger partial charge in [0.05, 0.1) is 19.4 Å². The van der Waals surface area contributed by atoms with Crippen molar-refractivity contribution in [3.05, 3.63) is 11.9 Å². The Labute approximate surface area is 84.5 Å². The Morgan fingerprint density at radius 1 is 1.64 bits per heavy atom. The zero-order valence-corrected chi connectivity index (χ0v) is 9.03. The van der Waals surface area contributed by atoms with Crippen LogP contribution in [0.3, 0.4) is 0 Å². The minimum atomic E-state index is -0.475. The summed E-state index contributed by atoms with van der Waals surface area (Å²) in [7, 11) is 3.40. The minimum Gasteiger partial charge on any atom is -0.493 e. The van der Waals surface area contributed by atoms with Gasteiger partial charge in [-0.05, 0) is 6.42 Å². The first kappa shape index (κ1) is 11.0. The molecule has 0 radical (unpaired) electrons. The van der Waals surface area contributed by atoms with Gasteiger partial charge in [0.25, 0.3) is 0 Å². The first-order valence-corrected chi connectivity index (χ1v) is 4.94. The van der Waals surface area contributed by atoms with Crippen molar-refractivity contribution >= 4 is 0 Å². The van der Waals surface area contributed by atoms with Gasteiger partial charge >= 0.3 is 0 Å². The lowest BCUT2D eigenvalue weighted by molar-refractivity contribution is 0.151. The zero-order chi connectivity index (χ0) is 10.6. The van der Waals surface area contributed by atoms with E-state index < -0.39 is 6.10 Å². The standard InChI is InChI=1S/C10H18N2O2/c1-4-5-6-8(13)10-9(14-3)7-11-12(10)2/h7-8,13H,4-6H2,1-3H3. The number of methoxy groups -OCH3 is 1. The number of unbranched alkanes of at least 4 members (excludes halogenated alkanes) is 1. The lowest BCUT2D eigenvalue weighted by Gasteiger charge is -2.12. The first-order chi connectivity index (χ1) is 6.70. The van der Waals surface area contributed by atoms with E-state index >= 15 is 0 Å². The van der Waals surface area contributed by atoms with E-state index in [2.05, 4.69) is 12.0 Å². The molecule has 1 aromatic heterocycles. The van der Waals surface area contributed by atoms with Gasteiger partial charge in [0.1, 0.15) is 5.69 Å². The molecule has 0 aliphatic rings. The van der Waals surface area contributed by atoms with E-state index in [9.17, 15) is 5.11 Å². The van der Waals surface area contributed by atoms with Crippen LogP contribution in [0.4, 0.5) is 0 Å². The Morgan fingerprint density at radius 2 is 2.36 bits per heavy atom. The van der Waals surface area contributed by atoms with E-state index in [0.29, 0.717) is 5.75 Å². The second-order valence-electron chi connectivity index (χ2n) is 3.38. The summed E-state index contributed by atoms with van der Waals surface area (Å²) in [6, 6.07) is 0. The van der Waals surface area contributed by atoms with Gasteiger partial charge in [-0.3, -0.25) is 4.68 Å². The zero-order valence-electron chi connectivity index (χ0n) is 9.03. The predicted molar refractivity (Wildman–Crippen MR) is 54.2 cm³/mol. The molecule has 0 aromatic carbocycles. The molecule has 4 heteroatoms. The topological polar surface area (TPSA) is 47.3 Å². The van der Waals surface area contributed by atoms with Crippen LogP contribution in [0.5, 0.6) is 5.75 Å². The molecule has 1 N–H and O–H groups in total. The third-order valence-electron chi connectivity index (χ3n) is 2.32. The van der Waals surface area contributed by atoms with Gasteiger partial charge in [0.2, 0.25) is 0 Å². The second kappa shape index (κ2) is 5.00. The van der Waals surface area contributed by atoms with Crippen LogP contribution in [-0.4, -0.2) is 22.0 Å². The highest BCUT2D eigenvalue weighted by Gasteiger charge is 2.17. The van der Waals surface area contributed by atoms with E-state index in [1.165, 1.54) is 0 Å². The maximum atomic E-state index is 9.89. The van der Waals surface area contributed by atoms with Gasteiger partial charge in [-0.25, -0.2) is 0 Å². The fourth-order valence-electron chi connectivity index (χ4n) is 1.50. The molecule has 1 atom stereocenters. The lowest BCUT2D eigenvalue weighted by atomic mass is 10.1. The number of aliphatic hydroxyl groups excluding tert-OH is 1. The fraction of sp³-hybridized carbons (Fsp3) is 0.700. The number of aryl methyl sites for hydroxylation is 1. The smallest absolute Gasteiger partial charge is 0.162 e. The van der Waals surface area contributed by atoms with Crippen LogP contribution in [-0.2, 0) is 7.05 Å². The Hall–Kier alpha value is -1.03. The molecular weight excluding hydrogens is 180 g/mol. The number of ether oxygens (including phenoxy) is 1. The van der Waals surface area contributed by atoms with Crippen molar-refractivity contribution in [1.82, 2.24) is 9.78 Å². The van der Waals surface area contributed by atoms with Crippen LogP contribution in [0.1, 0.15) is 38.0 Å². The maximum absolute atomic E-state index is 9.89. The second-order valence-corrected chi connectivity index (χ2v) is 3.38. The van der Waals surface area contributed by atoms with E-state index in [1.54, 1.807) is 18.0 Å². The van der Waals surface area contributed by atoms with Crippen molar-refractivity contribution in [2.24, 2.45) is 7.05 Å². The quantitative estimate of drug-likeness (QED) is 0.782. The number of rotatable bonds is 5. The first-order valence-electron chi connectivity index (χ1n) is 4.94. The third-order valence-corrected chi connectivity index (χ3v) is 2.32. The summed E-state index contributed by atoms with van der Waals surface area (Å²) < 4.78 is 6.79. The Kier molecular flexibility index (Phi) is 3.95. The van der Waals surface area contributed by atoms with E-state index in [-0.39, 0.29) is 0 Å². The molecule has 4 nitrogen and oxygen atoms in total.